The van der Waals surface area contributed by atoms with Crippen molar-refractivity contribution in [2.24, 2.45) is 0 Å². The fourth-order valence-electron chi connectivity index (χ4n) is 2.64. The summed E-state index contributed by atoms with van der Waals surface area (Å²) in [6.45, 7) is 0.473. The van der Waals surface area contributed by atoms with E-state index >= 15 is 0 Å². The summed E-state index contributed by atoms with van der Waals surface area (Å²) in [6, 6.07) is 27.5. The molecule has 0 radical (unpaired) electrons. The molecule has 134 valence electrons. The Balaban J connectivity index is 1.31. The Hall–Kier alpha value is -3.60. The summed E-state index contributed by atoms with van der Waals surface area (Å²) >= 11 is 0. The van der Waals surface area contributed by atoms with E-state index in [9.17, 15) is 0 Å². The van der Waals surface area contributed by atoms with Crippen LogP contribution in [0.3, 0.4) is 0 Å². The van der Waals surface area contributed by atoms with Crippen LogP contribution in [0, 0.1) is 0 Å². The molecule has 0 bridgehead atoms. The van der Waals surface area contributed by atoms with Gasteiger partial charge in [0.25, 0.3) is 0 Å². The number of aromatic nitrogens is 2. The average Bonchev–Trinajstić information content (AvgIpc) is 3.16. The van der Waals surface area contributed by atoms with Gasteiger partial charge in [0.2, 0.25) is 11.8 Å². The van der Waals surface area contributed by atoms with Crippen LogP contribution < -0.4 is 10.1 Å². The van der Waals surface area contributed by atoms with Crippen LogP contribution in [0.25, 0.3) is 0 Å². The summed E-state index contributed by atoms with van der Waals surface area (Å²) in [7, 11) is 0. The van der Waals surface area contributed by atoms with E-state index in [-0.39, 0.29) is 0 Å². The fourth-order valence-corrected chi connectivity index (χ4v) is 2.64. The van der Waals surface area contributed by atoms with Gasteiger partial charge >= 0.3 is 0 Å². The third-order valence-corrected chi connectivity index (χ3v) is 3.98. The smallest absolute Gasteiger partial charge is 0.235 e. The lowest BCUT2D eigenvalue weighted by Crippen LogP contribution is -1.99. The number of nitrogens with zero attached hydrogens (tertiary/aromatic N) is 2. The summed E-state index contributed by atoms with van der Waals surface area (Å²) in [5, 5.41) is 11.5. The molecule has 5 heteroatoms. The fraction of sp³-hybridized carbons (Fsp3) is 0.0909. The maximum absolute atomic E-state index is 5.79. The standard InChI is InChI=1S/C22H19N3O2/c1-3-7-17(8-4-1)15-21-24-25-22(27-21)16-23-18-11-13-20(14-12-18)26-19-9-5-2-6-10-19/h1-14,23H,15-16H2. The van der Waals surface area contributed by atoms with Crippen LogP contribution in [-0.2, 0) is 13.0 Å². The second-order valence-electron chi connectivity index (χ2n) is 6.04. The number of hydrogen-bond donors (Lipinski definition) is 1. The minimum atomic E-state index is 0.473. The molecule has 0 amide bonds. The first-order valence-corrected chi connectivity index (χ1v) is 8.77. The highest BCUT2D eigenvalue weighted by molar-refractivity contribution is 5.47. The number of nitrogens with one attached hydrogen (secondary N) is 1. The van der Waals surface area contributed by atoms with E-state index in [0.29, 0.717) is 24.7 Å². The summed E-state index contributed by atoms with van der Waals surface area (Å²) in [4.78, 5) is 0. The largest absolute Gasteiger partial charge is 0.457 e. The zero-order chi connectivity index (χ0) is 18.3. The highest BCUT2D eigenvalue weighted by Crippen LogP contribution is 2.22. The summed E-state index contributed by atoms with van der Waals surface area (Å²) < 4.78 is 11.5. The number of ether oxygens (including phenoxy) is 1. The number of anilines is 1. The normalized spacial score (nSPS) is 10.5. The van der Waals surface area contributed by atoms with Gasteiger partial charge in [0.15, 0.2) is 0 Å². The molecule has 1 N–H and O–H groups in total. The van der Waals surface area contributed by atoms with Crippen LogP contribution in [-0.4, -0.2) is 10.2 Å². The Morgan fingerprint density at radius 3 is 2.07 bits per heavy atom. The van der Waals surface area contributed by atoms with Crippen molar-refractivity contribution in [3.8, 4) is 11.5 Å². The van der Waals surface area contributed by atoms with Gasteiger partial charge in [-0.15, -0.1) is 10.2 Å². The highest BCUT2D eigenvalue weighted by Gasteiger charge is 2.07. The Labute approximate surface area is 157 Å². The average molecular weight is 357 g/mol. The molecule has 27 heavy (non-hydrogen) atoms. The maximum Gasteiger partial charge on any atom is 0.235 e. The van der Waals surface area contributed by atoms with Crippen molar-refractivity contribution in [3.05, 3.63) is 102 Å². The lowest BCUT2D eigenvalue weighted by Gasteiger charge is -2.07. The van der Waals surface area contributed by atoms with Gasteiger partial charge in [0.1, 0.15) is 11.5 Å². The van der Waals surface area contributed by atoms with Crippen molar-refractivity contribution in [3.63, 3.8) is 0 Å². The first-order chi connectivity index (χ1) is 13.3. The van der Waals surface area contributed by atoms with E-state index in [1.807, 2.05) is 84.9 Å². The Kier molecular flexibility index (Phi) is 5.11. The lowest BCUT2D eigenvalue weighted by molar-refractivity contribution is 0.464. The second kappa shape index (κ2) is 8.19. The van der Waals surface area contributed by atoms with E-state index in [4.69, 9.17) is 9.15 Å². The van der Waals surface area contributed by atoms with Crippen LogP contribution in [0.15, 0.2) is 89.3 Å². The minimum Gasteiger partial charge on any atom is -0.457 e. The predicted molar refractivity (Wildman–Crippen MR) is 104 cm³/mol. The molecular formula is C22H19N3O2. The van der Waals surface area contributed by atoms with Gasteiger partial charge in [-0.25, -0.2) is 0 Å². The Morgan fingerprint density at radius 2 is 1.33 bits per heavy atom. The molecule has 0 fully saturated rings. The zero-order valence-corrected chi connectivity index (χ0v) is 14.7. The molecule has 4 rings (SSSR count). The minimum absolute atomic E-state index is 0.473. The molecule has 0 aliphatic carbocycles. The quantitative estimate of drug-likeness (QED) is 0.501. The maximum atomic E-state index is 5.79. The van der Waals surface area contributed by atoms with Gasteiger partial charge < -0.3 is 14.5 Å². The molecule has 4 aromatic rings. The van der Waals surface area contributed by atoms with Crippen LogP contribution in [0.4, 0.5) is 5.69 Å². The van der Waals surface area contributed by atoms with Crippen LogP contribution >= 0.6 is 0 Å². The van der Waals surface area contributed by atoms with Gasteiger partial charge in [0, 0.05) is 5.69 Å². The highest BCUT2D eigenvalue weighted by atomic mass is 16.5. The van der Waals surface area contributed by atoms with Crippen molar-refractivity contribution >= 4 is 5.69 Å². The van der Waals surface area contributed by atoms with Crippen LogP contribution in [0.5, 0.6) is 11.5 Å². The van der Waals surface area contributed by atoms with E-state index in [0.717, 1.165) is 22.7 Å². The number of rotatable bonds is 7. The summed E-state index contributed by atoms with van der Waals surface area (Å²) in [5.41, 5.74) is 2.10. The third-order valence-electron chi connectivity index (χ3n) is 3.98. The van der Waals surface area contributed by atoms with Crippen molar-refractivity contribution in [1.82, 2.24) is 10.2 Å². The lowest BCUT2D eigenvalue weighted by atomic mass is 10.2. The third kappa shape index (κ3) is 4.73. The van der Waals surface area contributed by atoms with Crippen LogP contribution in [0.2, 0.25) is 0 Å². The van der Waals surface area contributed by atoms with Crippen LogP contribution in [0.1, 0.15) is 17.3 Å². The summed E-state index contributed by atoms with van der Waals surface area (Å²) in [6.07, 6.45) is 0.638. The molecule has 3 aromatic carbocycles. The molecule has 0 aliphatic heterocycles. The first kappa shape index (κ1) is 16.8. The van der Waals surface area contributed by atoms with E-state index in [1.165, 1.54) is 0 Å². The molecule has 0 saturated carbocycles. The molecule has 0 spiro atoms. The van der Waals surface area contributed by atoms with Crippen molar-refractivity contribution in [2.45, 2.75) is 13.0 Å². The first-order valence-electron chi connectivity index (χ1n) is 8.77. The monoisotopic (exact) mass is 357 g/mol. The van der Waals surface area contributed by atoms with E-state index < -0.39 is 0 Å². The van der Waals surface area contributed by atoms with Gasteiger partial charge in [-0.05, 0) is 42.0 Å². The number of para-hydroxylation sites is 1. The van der Waals surface area contributed by atoms with Crippen molar-refractivity contribution < 1.29 is 9.15 Å². The van der Waals surface area contributed by atoms with Gasteiger partial charge in [-0.1, -0.05) is 48.5 Å². The predicted octanol–water partition coefficient (Wildman–Crippen LogP) is 5.06. The zero-order valence-electron chi connectivity index (χ0n) is 14.7. The Bertz CT molecular complexity index is 967. The van der Waals surface area contributed by atoms with Crippen molar-refractivity contribution in [2.75, 3.05) is 5.32 Å². The SMILES string of the molecule is c1ccc(Cc2nnc(CNc3ccc(Oc4ccccc4)cc3)o2)cc1. The number of hydrogen-bond acceptors (Lipinski definition) is 5. The van der Waals surface area contributed by atoms with Gasteiger partial charge in [-0.3, -0.25) is 0 Å². The molecule has 0 aliphatic rings. The molecule has 0 saturated heterocycles. The molecule has 0 unspecified atom stereocenters. The molecule has 0 atom stereocenters. The van der Waals surface area contributed by atoms with E-state index in [1.54, 1.807) is 0 Å². The summed E-state index contributed by atoms with van der Waals surface area (Å²) in [5.74, 6) is 2.78. The van der Waals surface area contributed by atoms with Crippen molar-refractivity contribution in [1.29, 1.82) is 0 Å². The topological polar surface area (TPSA) is 60.2 Å². The molecule has 1 heterocycles. The second-order valence-corrected chi connectivity index (χ2v) is 6.04. The molecule has 1 aromatic heterocycles. The van der Waals surface area contributed by atoms with Gasteiger partial charge in [-0.2, -0.15) is 0 Å². The van der Waals surface area contributed by atoms with Gasteiger partial charge in [0.05, 0.1) is 13.0 Å². The Morgan fingerprint density at radius 1 is 0.704 bits per heavy atom. The number of benzene rings is 3. The van der Waals surface area contributed by atoms with E-state index in [2.05, 4.69) is 15.5 Å². The molecule has 5 nitrogen and oxygen atoms in total. The molecular weight excluding hydrogens is 338 g/mol.